The number of nitrogens with one attached hydrogen (secondary N) is 2. The van der Waals surface area contributed by atoms with Crippen molar-refractivity contribution in [1.29, 1.82) is 0 Å². The van der Waals surface area contributed by atoms with Gasteiger partial charge in [-0.3, -0.25) is 0 Å². The Morgan fingerprint density at radius 2 is 1.75 bits per heavy atom. The highest BCUT2D eigenvalue weighted by molar-refractivity contribution is 5.86. The Morgan fingerprint density at radius 3 is 2.50 bits per heavy atom. The van der Waals surface area contributed by atoms with Crippen LogP contribution in [0.5, 0.6) is 0 Å². The van der Waals surface area contributed by atoms with Crippen molar-refractivity contribution in [3.05, 3.63) is 71.9 Å². The second-order valence-corrected chi connectivity index (χ2v) is 8.47. The Morgan fingerprint density at radius 1 is 1.03 bits per heavy atom. The summed E-state index contributed by atoms with van der Waals surface area (Å²) in [5, 5.41) is 3.70. The van der Waals surface area contributed by atoms with Crippen LogP contribution in [-0.4, -0.2) is 61.4 Å². The van der Waals surface area contributed by atoms with Crippen molar-refractivity contribution in [3.63, 3.8) is 0 Å². The van der Waals surface area contributed by atoms with E-state index in [1.807, 2.05) is 60.8 Å². The number of hydrogen-bond acceptors (Lipinski definition) is 4. The summed E-state index contributed by atoms with van der Waals surface area (Å²) in [4.78, 5) is 28.5. The number of carbonyl (C=O) groups is 2. The van der Waals surface area contributed by atoms with E-state index in [0.29, 0.717) is 13.0 Å². The molecule has 0 saturated carbocycles. The molecule has 0 saturated heterocycles. The van der Waals surface area contributed by atoms with Gasteiger partial charge in [0, 0.05) is 23.5 Å². The maximum Gasteiger partial charge on any atom is 0.408 e. The minimum Gasteiger partial charge on any atom is -0.458 e. The van der Waals surface area contributed by atoms with Crippen LogP contribution in [0.1, 0.15) is 18.1 Å². The van der Waals surface area contributed by atoms with Gasteiger partial charge in [0.15, 0.2) is 0 Å². The van der Waals surface area contributed by atoms with E-state index in [4.69, 9.17) is 9.47 Å². The van der Waals surface area contributed by atoms with Gasteiger partial charge in [-0.25, -0.2) is 9.59 Å². The molecule has 0 aliphatic heterocycles. The summed E-state index contributed by atoms with van der Waals surface area (Å²) in [6.07, 6.45) is 1.51. The molecule has 7 nitrogen and oxygen atoms in total. The van der Waals surface area contributed by atoms with Crippen LogP contribution in [0.2, 0.25) is 0 Å². The molecule has 0 unspecified atom stereocenters. The van der Waals surface area contributed by atoms with Crippen molar-refractivity contribution in [2.45, 2.75) is 26.0 Å². The van der Waals surface area contributed by atoms with Gasteiger partial charge in [-0.1, -0.05) is 48.5 Å². The molecule has 2 N–H and O–H groups in total. The Bertz CT molecular complexity index is 1030. The van der Waals surface area contributed by atoms with Crippen LogP contribution in [-0.2, 0) is 27.3 Å². The summed E-state index contributed by atoms with van der Waals surface area (Å²) in [5.74, 6) is -0.469. The molecule has 1 aromatic heterocycles. The number of benzene rings is 2. The first-order valence-corrected chi connectivity index (χ1v) is 10.9. The van der Waals surface area contributed by atoms with Crippen molar-refractivity contribution < 1.29 is 23.5 Å². The lowest BCUT2D eigenvalue weighted by molar-refractivity contribution is -0.888. The number of quaternary nitrogens is 1. The molecule has 32 heavy (non-hydrogen) atoms. The van der Waals surface area contributed by atoms with Crippen LogP contribution in [0.15, 0.2) is 60.8 Å². The summed E-state index contributed by atoms with van der Waals surface area (Å²) in [6, 6.07) is 16.4. The van der Waals surface area contributed by atoms with Crippen molar-refractivity contribution in [3.8, 4) is 0 Å². The molecule has 0 aliphatic rings. The topological polar surface area (TPSA) is 80.4 Å². The number of aromatic amines is 1. The van der Waals surface area contributed by atoms with E-state index in [1.165, 1.54) is 0 Å². The van der Waals surface area contributed by atoms with Gasteiger partial charge >= 0.3 is 12.1 Å². The van der Waals surface area contributed by atoms with E-state index in [9.17, 15) is 9.59 Å². The standard InChI is InChI=1S/C25H31N3O4/c1-4-28(2,3)14-15-31-24(29)23(16-20-17-26-22-13-9-8-12-21(20)22)27-25(30)32-18-19-10-6-5-7-11-19/h5-13,17,23,26H,4,14-16,18H2,1-3H3/p+1/t23-/m0/s1. The maximum atomic E-state index is 12.9. The molecule has 3 aromatic rings. The summed E-state index contributed by atoms with van der Waals surface area (Å²) in [5.41, 5.74) is 2.77. The molecule has 3 rings (SSSR count). The van der Waals surface area contributed by atoms with Gasteiger partial charge in [0.1, 0.15) is 25.8 Å². The zero-order valence-electron chi connectivity index (χ0n) is 19.0. The van der Waals surface area contributed by atoms with E-state index in [1.54, 1.807) is 0 Å². The van der Waals surface area contributed by atoms with Crippen LogP contribution in [0, 0.1) is 0 Å². The number of fused-ring (bicyclic) bond motifs is 1. The second-order valence-electron chi connectivity index (χ2n) is 8.47. The predicted molar refractivity (Wildman–Crippen MR) is 124 cm³/mol. The number of amides is 1. The highest BCUT2D eigenvalue weighted by atomic mass is 16.6. The third-order valence-corrected chi connectivity index (χ3v) is 5.69. The fourth-order valence-corrected chi connectivity index (χ4v) is 3.27. The lowest BCUT2D eigenvalue weighted by Gasteiger charge is -2.28. The number of nitrogens with zero attached hydrogens (tertiary/aromatic N) is 1. The Labute approximate surface area is 188 Å². The first-order chi connectivity index (χ1) is 15.4. The first-order valence-electron chi connectivity index (χ1n) is 10.9. The van der Waals surface area contributed by atoms with Crippen molar-refractivity contribution in [2.75, 3.05) is 33.8 Å². The maximum absolute atomic E-state index is 12.9. The van der Waals surface area contributed by atoms with E-state index < -0.39 is 18.1 Å². The number of hydrogen-bond donors (Lipinski definition) is 2. The molecule has 7 heteroatoms. The van der Waals surface area contributed by atoms with Gasteiger partial charge < -0.3 is 24.3 Å². The number of H-pyrrole nitrogens is 1. The number of esters is 1. The Hall–Kier alpha value is -3.32. The lowest BCUT2D eigenvalue weighted by Crippen LogP contribution is -2.46. The van der Waals surface area contributed by atoms with Gasteiger partial charge in [0.25, 0.3) is 0 Å². The third-order valence-electron chi connectivity index (χ3n) is 5.69. The summed E-state index contributed by atoms with van der Waals surface area (Å²) in [7, 11) is 4.16. The molecule has 0 fully saturated rings. The molecule has 1 atom stereocenters. The smallest absolute Gasteiger partial charge is 0.408 e. The quantitative estimate of drug-likeness (QED) is 0.374. The zero-order chi connectivity index (χ0) is 23.0. The van der Waals surface area contributed by atoms with Crippen LogP contribution < -0.4 is 5.32 Å². The third kappa shape index (κ3) is 6.59. The number of alkyl carbamates (subject to hydrolysis) is 1. The number of para-hydroxylation sites is 1. The molecule has 1 amide bonds. The molecule has 0 bridgehead atoms. The van der Waals surface area contributed by atoms with Gasteiger partial charge in [-0.05, 0) is 24.1 Å². The van der Waals surface area contributed by atoms with E-state index in [-0.39, 0.29) is 13.2 Å². The van der Waals surface area contributed by atoms with Crippen molar-refractivity contribution in [2.24, 2.45) is 0 Å². The molecule has 1 heterocycles. The van der Waals surface area contributed by atoms with Gasteiger partial charge in [0.2, 0.25) is 0 Å². The molecule has 0 radical (unpaired) electrons. The molecule has 0 spiro atoms. The van der Waals surface area contributed by atoms with Crippen LogP contribution in [0.25, 0.3) is 10.9 Å². The lowest BCUT2D eigenvalue weighted by atomic mass is 10.1. The average Bonchev–Trinajstić information content (AvgIpc) is 3.20. The van der Waals surface area contributed by atoms with Gasteiger partial charge in [0.05, 0.1) is 20.6 Å². The average molecular weight is 439 g/mol. The predicted octanol–water partition coefficient (Wildman–Crippen LogP) is 3.64. The van der Waals surface area contributed by atoms with Crippen molar-refractivity contribution >= 4 is 23.0 Å². The van der Waals surface area contributed by atoms with Crippen LogP contribution >= 0.6 is 0 Å². The normalized spacial score (nSPS) is 12.3. The molecular formula is C25H32N3O4+. The highest BCUT2D eigenvalue weighted by Crippen LogP contribution is 2.19. The first kappa shape index (κ1) is 23.3. The second kappa shape index (κ2) is 10.8. The number of likely N-dealkylation sites (N-methyl/N-ethyl adjacent to an activating group) is 1. The largest absolute Gasteiger partial charge is 0.458 e. The molecular weight excluding hydrogens is 406 g/mol. The minimum atomic E-state index is -0.852. The van der Waals surface area contributed by atoms with Crippen LogP contribution in [0.3, 0.4) is 0 Å². The highest BCUT2D eigenvalue weighted by Gasteiger charge is 2.25. The summed E-state index contributed by atoms with van der Waals surface area (Å²) >= 11 is 0. The van der Waals surface area contributed by atoms with Gasteiger partial charge in [-0.15, -0.1) is 0 Å². The molecule has 0 aliphatic carbocycles. The van der Waals surface area contributed by atoms with E-state index in [0.717, 1.165) is 33.1 Å². The fourth-order valence-electron chi connectivity index (χ4n) is 3.27. The van der Waals surface area contributed by atoms with Crippen molar-refractivity contribution in [1.82, 2.24) is 10.3 Å². The summed E-state index contributed by atoms with van der Waals surface area (Å²) < 4.78 is 11.6. The SMILES string of the molecule is CC[N+](C)(C)CCOC(=O)[C@H](Cc1c[nH]c2ccccc12)NC(=O)OCc1ccccc1. The zero-order valence-corrected chi connectivity index (χ0v) is 19.0. The molecule has 170 valence electrons. The Balaban J connectivity index is 1.66. The number of carbonyl (C=O) groups excluding carboxylic acids is 2. The number of ether oxygens (including phenoxy) is 2. The number of aromatic nitrogens is 1. The minimum absolute atomic E-state index is 0.129. The number of rotatable bonds is 10. The van der Waals surface area contributed by atoms with Gasteiger partial charge in [-0.2, -0.15) is 0 Å². The molecule has 2 aromatic carbocycles. The fraction of sp³-hybridized carbons (Fsp3) is 0.360. The monoisotopic (exact) mass is 438 g/mol. The Kier molecular flexibility index (Phi) is 7.89. The van der Waals surface area contributed by atoms with E-state index in [2.05, 4.69) is 31.3 Å². The van der Waals surface area contributed by atoms with E-state index >= 15 is 0 Å². The summed E-state index contributed by atoms with van der Waals surface area (Å²) in [6.45, 7) is 4.13. The van der Waals surface area contributed by atoms with Crippen LogP contribution in [0.4, 0.5) is 4.79 Å².